The molecule has 0 aliphatic carbocycles. The van der Waals surface area contributed by atoms with E-state index in [2.05, 4.69) is 20.5 Å². The molecule has 0 radical (unpaired) electrons. The quantitative estimate of drug-likeness (QED) is 0.335. The number of amides is 1. The summed E-state index contributed by atoms with van der Waals surface area (Å²) in [6, 6.07) is 13.0. The molecular formula is C31H41N5O6S. The molecule has 11 nitrogen and oxygen atoms in total. The van der Waals surface area contributed by atoms with E-state index < -0.39 is 21.3 Å². The van der Waals surface area contributed by atoms with Crippen LogP contribution in [0, 0.1) is 0 Å². The number of rotatable bonds is 11. The molecule has 2 N–H and O–H groups in total. The Kier molecular flexibility index (Phi) is 9.50. The Labute approximate surface area is 252 Å². The van der Waals surface area contributed by atoms with E-state index in [0.717, 1.165) is 36.6 Å². The van der Waals surface area contributed by atoms with Crippen molar-refractivity contribution in [3.63, 3.8) is 0 Å². The smallest absolute Gasteiger partial charge is 0.404 e. The average Bonchev–Trinajstić information content (AvgIpc) is 3.19. The zero-order chi connectivity index (χ0) is 30.7. The predicted octanol–water partition coefficient (Wildman–Crippen LogP) is 3.41. The van der Waals surface area contributed by atoms with Crippen molar-refractivity contribution in [3.05, 3.63) is 70.8 Å². The molecule has 2 saturated heterocycles. The maximum atomic E-state index is 13.2. The number of methoxy groups -OCH3 is 1. The fourth-order valence-corrected chi connectivity index (χ4v) is 7.61. The first-order chi connectivity index (χ1) is 20.5. The van der Waals surface area contributed by atoms with Crippen molar-refractivity contribution in [1.29, 1.82) is 0 Å². The topological polar surface area (TPSA) is 132 Å². The maximum absolute atomic E-state index is 13.2. The molecular weight excluding hydrogens is 570 g/mol. The molecule has 5 atom stereocenters. The molecule has 43 heavy (non-hydrogen) atoms. The van der Waals surface area contributed by atoms with Gasteiger partial charge in [0.25, 0.3) is 5.56 Å². The minimum absolute atomic E-state index is 0.0134. The van der Waals surface area contributed by atoms with Crippen LogP contribution in [0.5, 0.6) is 5.75 Å². The van der Waals surface area contributed by atoms with Gasteiger partial charge in [-0.05, 0) is 57.7 Å². The zero-order valence-corrected chi connectivity index (χ0v) is 25.9. The van der Waals surface area contributed by atoms with Crippen molar-refractivity contribution in [2.24, 2.45) is 0 Å². The highest BCUT2D eigenvalue weighted by atomic mass is 32.2. The van der Waals surface area contributed by atoms with Crippen molar-refractivity contribution in [2.45, 2.75) is 75.2 Å². The first kappa shape index (κ1) is 31.1. The lowest BCUT2D eigenvalue weighted by molar-refractivity contribution is 0.0264. The summed E-state index contributed by atoms with van der Waals surface area (Å²) in [6.07, 6.45) is 7.06. The normalized spacial score (nSPS) is 22.0. The summed E-state index contributed by atoms with van der Waals surface area (Å²) in [5.74, 6) is 0.0134. The molecule has 1 amide bonds. The summed E-state index contributed by atoms with van der Waals surface area (Å²) >= 11 is 0. The minimum Gasteiger partial charge on any atom is -0.404 e. The van der Waals surface area contributed by atoms with Gasteiger partial charge in [-0.1, -0.05) is 24.3 Å². The van der Waals surface area contributed by atoms with Crippen LogP contribution < -0.4 is 20.9 Å². The van der Waals surface area contributed by atoms with Crippen LogP contribution in [-0.2, 0) is 14.6 Å². The van der Waals surface area contributed by atoms with Crippen molar-refractivity contribution >= 4 is 26.8 Å². The fraction of sp³-hybridized carbons (Fsp3) is 0.516. The van der Waals surface area contributed by atoms with Crippen LogP contribution in [0.4, 0.5) is 4.79 Å². The third-order valence-electron chi connectivity index (χ3n) is 8.53. The lowest BCUT2D eigenvalue weighted by Gasteiger charge is -2.40. The van der Waals surface area contributed by atoms with Crippen LogP contribution in [0.25, 0.3) is 10.9 Å². The Balaban J connectivity index is 1.19. The van der Waals surface area contributed by atoms with Gasteiger partial charge in [-0.25, -0.2) is 13.2 Å². The molecule has 0 spiro atoms. The van der Waals surface area contributed by atoms with E-state index in [0.29, 0.717) is 18.7 Å². The van der Waals surface area contributed by atoms with Crippen LogP contribution in [0.3, 0.4) is 0 Å². The van der Waals surface area contributed by atoms with E-state index in [1.807, 2.05) is 38.1 Å². The van der Waals surface area contributed by atoms with Gasteiger partial charge in [0.2, 0.25) is 0 Å². The van der Waals surface area contributed by atoms with Crippen LogP contribution in [0.15, 0.2) is 59.7 Å². The Bertz CT molecular complexity index is 1580. The molecule has 4 heterocycles. The largest absolute Gasteiger partial charge is 0.413 e. The Morgan fingerprint density at radius 1 is 1.12 bits per heavy atom. The van der Waals surface area contributed by atoms with E-state index in [9.17, 15) is 18.0 Å². The number of ether oxygens (including phenoxy) is 2. The first-order valence-corrected chi connectivity index (χ1v) is 16.7. The molecule has 3 aromatic rings. The van der Waals surface area contributed by atoms with Gasteiger partial charge in [0.05, 0.1) is 11.6 Å². The molecule has 5 rings (SSSR count). The number of hydrogen-bond donors (Lipinski definition) is 2. The van der Waals surface area contributed by atoms with Crippen molar-refractivity contribution in [2.75, 3.05) is 26.5 Å². The monoisotopic (exact) mass is 611 g/mol. The van der Waals surface area contributed by atoms with E-state index in [1.165, 1.54) is 6.26 Å². The van der Waals surface area contributed by atoms with Crippen LogP contribution >= 0.6 is 0 Å². The number of nitrogens with one attached hydrogen (secondary N) is 2. The highest BCUT2D eigenvalue weighted by molar-refractivity contribution is 7.90. The van der Waals surface area contributed by atoms with Crippen LogP contribution in [0.2, 0.25) is 0 Å². The number of benzene rings is 1. The molecule has 3 unspecified atom stereocenters. The van der Waals surface area contributed by atoms with Crippen molar-refractivity contribution < 1.29 is 22.7 Å². The van der Waals surface area contributed by atoms with Gasteiger partial charge in [0, 0.05) is 74.0 Å². The number of carbonyl (C=O) groups excluding carboxylic acids is 1. The highest BCUT2D eigenvalue weighted by Crippen LogP contribution is 2.36. The Morgan fingerprint density at radius 3 is 2.47 bits per heavy atom. The Hall–Kier alpha value is -3.32. The number of pyridine rings is 2. The van der Waals surface area contributed by atoms with Gasteiger partial charge in [0.15, 0.2) is 15.6 Å². The predicted molar refractivity (Wildman–Crippen MR) is 165 cm³/mol. The van der Waals surface area contributed by atoms with E-state index in [-0.39, 0.29) is 41.6 Å². The standard InChI is InChI=1S/C31H41N5O6S/c1-20(2)36-27-10-6-5-8-21(27)14-28(30(36)37)42-31(38)34-23-15-24-11-12-25(16-23)35(24)19-26(41-3)18-33-29(43(4,39)40)22-9-7-13-32-17-22/h5-10,13-14,17,20,23-26,29,33H,11-12,15-16,18-19H2,1-4H3,(H,34,38)/t23?,24-,25+,26?,29?. The number of sulfone groups is 1. The molecule has 2 aliphatic heterocycles. The second-order valence-corrected chi connectivity index (χ2v) is 14.0. The summed E-state index contributed by atoms with van der Waals surface area (Å²) in [5, 5.41) is 6.13. The number of aromatic nitrogens is 2. The molecule has 1 aromatic carbocycles. The number of para-hydroxylation sites is 1. The summed E-state index contributed by atoms with van der Waals surface area (Å²) in [5.41, 5.74) is 1.05. The number of fused-ring (bicyclic) bond motifs is 3. The molecule has 12 heteroatoms. The third-order valence-corrected chi connectivity index (χ3v) is 9.83. The lowest BCUT2D eigenvalue weighted by atomic mass is 9.97. The fourth-order valence-electron chi connectivity index (χ4n) is 6.58. The van der Waals surface area contributed by atoms with E-state index in [4.69, 9.17) is 9.47 Å². The first-order valence-electron chi connectivity index (χ1n) is 14.8. The lowest BCUT2D eigenvalue weighted by Crippen LogP contribution is -2.53. The average molecular weight is 612 g/mol. The van der Waals surface area contributed by atoms with Gasteiger partial charge in [-0.15, -0.1) is 0 Å². The van der Waals surface area contributed by atoms with Gasteiger partial charge in [-0.3, -0.25) is 20.0 Å². The maximum Gasteiger partial charge on any atom is 0.413 e. The van der Waals surface area contributed by atoms with Crippen molar-refractivity contribution in [1.82, 2.24) is 25.1 Å². The highest BCUT2D eigenvalue weighted by Gasteiger charge is 2.42. The zero-order valence-electron chi connectivity index (χ0n) is 25.1. The van der Waals surface area contributed by atoms with Gasteiger partial charge < -0.3 is 19.4 Å². The number of carbonyl (C=O) groups is 1. The molecule has 0 saturated carbocycles. The number of piperidine rings is 1. The summed E-state index contributed by atoms with van der Waals surface area (Å²) in [7, 11) is -1.78. The molecule has 2 fully saturated rings. The third kappa shape index (κ3) is 7.09. The second kappa shape index (κ2) is 13.1. The molecule has 2 bridgehead atoms. The van der Waals surface area contributed by atoms with Crippen molar-refractivity contribution in [3.8, 4) is 5.75 Å². The van der Waals surface area contributed by atoms with Gasteiger partial charge in [0.1, 0.15) is 5.37 Å². The van der Waals surface area contributed by atoms with Gasteiger partial charge in [-0.2, -0.15) is 0 Å². The molecule has 2 aromatic heterocycles. The van der Waals surface area contributed by atoms with Gasteiger partial charge >= 0.3 is 6.09 Å². The number of nitrogens with zero attached hydrogens (tertiary/aromatic N) is 3. The molecule has 2 aliphatic rings. The minimum atomic E-state index is -3.42. The van der Waals surface area contributed by atoms with E-state index in [1.54, 1.807) is 42.3 Å². The van der Waals surface area contributed by atoms with Crippen LogP contribution in [-0.4, -0.2) is 79.6 Å². The summed E-state index contributed by atoms with van der Waals surface area (Å²) in [4.78, 5) is 32.6. The number of hydrogen-bond acceptors (Lipinski definition) is 9. The molecule has 232 valence electrons. The van der Waals surface area contributed by atoms with E-state index >= 15 is 0 Å². The SMILES string of the molecule is COC(CNC(c1cccnc1)S(C)(=O)=O)CN1[C@@H]2CC[C@H]1CC(NC(=O)Oc1cc3ccccc3n(C(C)C)c1=O)C2. The summed E-state index contributed by atoms with van der Waals surface area (Å²) < 4.78 is 38.0. The second-order valence-electron chi connectivity index (χ2n) is 11.9. The Morgan fingerprint density at radius 2 is 1.84 bits per heavy atom. The van der Waals surface area contributed by atoms with Crippen LogP contribution in [0.1, 0.15) is 56.5 Å². The summed E-state index contributed by atoms with van der Waals surface area (Å²) in [6.45, 7) is 4.85.